The van der Waals surface area contributed by atoms with Crippen LogP contribution in [0.2, 0.25) is 0 Å². The minimum absolute atomic E-state index is 0. The van der Waals surface area contributed by atoms with Crippen molar-refractivity contribution in [3.63, 3.8) is 0 Å². The minimum atomic E-state index is 0. The van der Waals surface area contributed by atoms with Crippen LogP contribution in [0.25, 0.3) is 27.6 Å². The third kappa shape index (κ3) is 6.09. The first-order valence-electron chi connectivity index (χ1n) is 16.8. The van der Waals surface area contributed by atoms with E-state index >= 15 is 0 Å². The zero-order valence-electron chi connectivity index (χ0n) is 29.1. The zero-order chi connectivity index (χ0) is 33.9. The molecular weight excluding hydrogens is 796 g/mol. The van der Waals surface area contributed by atoms with Crippen LogP contribution in [0.3, 0.4) is 0 Å². The SMILES string of the molecule is CC(C)(C)c1cc(N2[CH-]N(c3[c-]c(Oc4[c-]c5c(cc4)c4ccccc4n5-c4ccccn4)ccc3)c3ccccc32)cc(C(C)(C)C)c1.[Pt]. The van der Waals surface area contributed by atoms with Gasteiger partial charge in [0.05, 0.1) is 0 Å². The molecule has 0 saturated carbocycles. The van der Waals surface area contributed by atoms with E-state index in [1.807, 2.05) is 42.6 Å². The zero-order valence-corrected chi connectivity index (χ0v) is 31.4. The van der Waals surface area contributed by atoms with E-state index in [1.54, 1.807) is 0 Å². The van der Waals surface area contributed by atoms with Crippen molar-refractivity contribution in [3.05, 3.63) is 151 Å². The number of anilines is 4. The summed E-state index contributed by atoms with van der Waals surface area (Å²) in [5.41, 5.74) is 8.89. The van der Waals surface area contributed by atoms with Gasteiger partial charge >= 0.3 is 0 Å². The van der Waals surface area contributed by atoms with Crippen molar-refractivity contribution >= 4 is 44.6 Å². The summed E-state index contributed by atoms with van der Waals surface area (Å²) in [5.74, 6) is 2.07. The summed E-state index contributed by atoms with van der Waals surface area (Å²) in [5, 5.41) is 2.25. The van der Waals surface area contributed by atoms with Gasteiger partial charge in [-0.15, -0.1) is 48.1 Å². The van der Waals surface area contributed by atoms with Crippen LogP contribution < -0.4 is 14.5 Å². The number of pyridine rings is 1. The molecular formula is C44H39N4OPt-3. The van der Waals surface area contributed by atoms with Crippen molar-refractivity contribution < 1.29 is 25.8 Å². The number of nitrogens with zero attached hydrogens (tertiary/aromatic N) is 4. The maximum Gasteiger partial charge on any atom is 0.135 e. The van der Waals surface area contributed by atoms with Gasteiger partial charge in [-0.05, 0) is 69.8 Å². The molecule has 254 valence electrons. The molecule has 5 nitrogen and oxygen atoms in total. The fourth-order valence-electron chi connectivity index (χ4n) is 6.54. The molecule has 0 spiro atoms. The van der Waals surface area contributed by atoms with Crippen LogP contribution in [0.1, 0.15) is 52.7 Å². The third-order valence-corrected chi connectivity index (χ3v) is 9.23. The van der Waals surface area contributed by atoms with Gasteiger partial charge in [0.2, 0.25) is 0 Å². The molecule has 1 aliphatic rings. The fraction of sp³-hybridized carbons (Fsp3) is 0.182. The van der Waals surface area contributed by atoms with Gasteiger partial charge in [0.15, 0.2) is 0 Å². The number of hydrogen-bond acceptors (Lipinski definition) is 4. The van der Waals surface area contributed by atoms with Crippen LogP contribution in [0.4, 0.5) is 22.7 Å². The molecule has 8 rings (SSSR count). The number of hydrogen-bond donors (Lipinski definition) is 0. The molecule has 1 aliphatic heterocycles. The summed E-state index contributed by atoms with van der Waals surface area (Å²) in [6.07, 6.45) is 1.82. The Labute approximate surface area is 309 Å². The van der Waals surface area contributed by atoms with Crippen LogP contribution in [0.15, 0.2) is 121 Å². The molecule has 50 heavy (non-hydrogen) atoms. The number of rotatable bonds is 5. The number of ether oxygens (including phenoxy) is 1. The molecule has 2 aromatic heterocycles. The Morgan fingerprint density at radius 3 is 1.98 bits per heavy atom. The Hall–Kier alpha value is -4.86. The van der Waals surface area contributed by atoms with Gasteiger partial charge in [-0.3, -0.25) is 0 Å². The molecule has 5 aromatic carbocycles. The number of fused-ring (bicyclic) bond motifs is 4. The molecule has 0 saturated heterocycles. The summed E-state index contributed by atoms with van der Waals surface area (Å²) >= 11 is 0. The van der Waals surface area contributed by atoms with Crippen LogP contribution >= 0.6 is 0 Å². The predicted octanol–water partition coefficient (Wildman–Crippen LogP) is 11.6. The fourth-order valence-corrected chi connectivity index (χ4v) is 6.54. The average molecular weight is 835 g/mol. The average Bonchev–Trinajstić information content (AvgIpc) is 3.64. The van der Waals surface area contributed by atoms with Gasteiger partial charge < -0.3 is 19.1 Å². The summed E-state index contributed by atoms with van der Waals surface area (Å²) in [6, 6.07) is 47.1. The van der Waals surface area contributed by atoms with E-state index < -0.39 is 0 Å². The van der Waals surface area contributed by atoms with Crippen molar-refractivity contribution in [1.29, 1.82) is 0 Å². The molecule has 0 radical (unpaired) electrons. The van der Waals surface area contributed by atoms with E-state index in [0.717, 1.165) is 50.4 Å². The normalized spacial score (nSPS) is 13.1. The Balaban J connectivity index is 0.00000392. The number of para-hydroxylation sites is 3. The topological polar surface area (TPSA) is 33.5 Å². The van der Waals surface area contributed by atoms with Crippen LogP contribution in [-0.4, -0.2) is 9.55 Å². The number of aromatic nitrogens is 2. The van der Waals surface area contributed by atoms with E-state index in [1.165, 1.54) is 11.1 Å². The quantitative estimate of drug-likeness (QED) is 0.162. The minimum Gasteiger partial charge on any atom is -0.509 e. The van der Waals surface area contributed by atoms with E-state index in [9.17, 15) is 0 Å². The maximum absolute atomic E-state index is 6.48. The van der Waals surface area contributed by atoms with E-state index in [4.69, 9.17) is 4.74 Å². The van der Waals surface area contributed by atoms with Gasteiger partial charge in [0.25, 0.3) is 0 Å². The summed E-state index contributed by atoms with van der Waals surface area (Å²) in [6.45, 7) is 15.8. The van der Waals surface area contributed by atoms with Crippen molar-refractivity contribution in [3.8, 4) is 17.3 Å². The van der Waals surface area contributed by atoms with Crippen LogP contribution in [0, 0.1) is 18.8 Å². The standard InChI is InChI=1S/C44H39N4O.Pt/c1-43(2,3)30-24-31(44(4,5)6)26-33(25-30)47-29-46(39-18-9-10-19-40(39)47)32-14-13-15-34(27-32)49-35-21-22-37-36-16-7-8-17-38(36)48(41(37)28-35)42-20-11-12-23-45-42;/h7-26,29H,1-6H3;/q-3;. The maximum atomic E-state index is 6.48. The summed E-state index contributed by atoms with van der Waals surface area (Å²) in [4.78, 5) is 9.13. The monoisotopic (exact) mass is 834 g/mol. The molecule has 0 aliphatic carbocycles. The predicted molar refractivity (Wildman–Crippen MR) is 202 cm³/mol. The smallest absolute Gasteiger partial charge is 0.135 e. The second kappa shape index (κ2) is 12.8. The van der Waals surface area contributed by atoms with Crippen molar-refractivity contribution in [2.24, 2.45) is 0 Å². The molecule has 0 fully saturated rings. The second-order valence-corrected chi connectivity index (χ2v) is 14.7. The first-order chi connectivity index (χ1) is 23.5. The Morgan fingerprint density at radius 2 is 1.28 bits per heavy atom. The Bertz CT molecular complexity index is 2300. The summed E-state index contributed by atoms with van der Waals surface area (Å²) in [7, 11) is 0. The van der Waals surface area contributed by atoms with Crippen LogP contribution in [-0.2, 0) is 31.9 Å². The Morgan fingerprint density at radius 1 is 0.620 bits per heavy atom. The Kier molecular flexibility index (Phi) is 8.60. The van der Waals surface area contributed by atoms with Gasteiger partial charge in [0, 0.05) is 61.3 Å². The third-order valence-electron chi connectivity index (χ3n) is 9.23. The molecule has 0 unspecified atom stereocenters. The first kappa shape index (κ1) is 33.6. The van der Waals surface area contributed by atoms with E-state index in [0.29, 0.717) is 11.5 Å². The second-order valence-electron chi connectivity index (χ2n) is 14.7. The van der Waals surface area contributed by atoms with Gasteiger partial charge in [0.1, 0.15) is 5.82 Å². The molecule has 0 amide bonds. The van der Waals surface area contributed by atoms with E-state index in [-0.39, 0.29) is 31.9 Å². The molecule has 6 heteroatoms. The first-order valence-corrected chi connectivity index (χ1v) is 16.8. The molecule has 3 heterocycles. The van der Waals surface area contributed by atoms with Crippen LogP contribution in [0.5, 0.6) is 11.5 Å². The molecule has 0 bridgehead atoms. The van der Waals surface area contributed by atoms with E-state index in [2.05, 4.69) is 159 Å². The molecule has 0 N–H and O–H groups in total. The largest absolute Gasteiger partial charge is 0.509 e. The van der Waals surface area contributed by atoms with Gasteiger partial charge in [-0.2, -0.15) is 12.1 Å². The molecule has 7 aromatic rings. The molecule has 0 atom stereocenters. The van der Waals surface area contributed by atoms with Gasteiger partial charge in [-0.1, -0.05) is 89.5 Å². The van der Waals surface area contributed by atoms with Crippen molar-refractivity contribution in [1.82, 2.24) is 9.55 Å². The van der Waals surface area contributed by atoms with Crippen molar-refractivity contribution in [2.75, 3.05) is 9.80 Å². The van der Waals surface area contributed by atoms with Crippen molar-refractivity contribution in [2.45, 2.75) is 52.4 Å². The van der Waals surface area contributed by atoms with Gasteiger partial charge in [-0.25, -0.2) is 4.98 Å². The summed E-state index contributed by atoms with van der Waals surface area (Å²) < 4.78 is 8.62. The number of benzene rings is 5.